The summed E-state index contributed by atoms with van der Waals surface area (Å²) in [6, 6.07) is 4.39. The molecule has 0 atom stereocenters. The summed E-state index contributed by atoms with van der Waals surface area (Å²) in [4.78, 5) is 4.41. The van der Waals surface area contributed by atoms with Crippen molar-refractivity contribution in [1.82, 2.24) is 10.1 Å². The van der Waals surface area contributed by atoms with Crippen molar-refractivity contribution in [3.8, 4) is 22.9 Å². The fourth-order valence-electron chi connectivity index (χ4n) is 2.49. The number of hydrogen-bond acceptors (Lipinski definition) is 7. The summed E-state index contributed by atoms with van der Waals surface area (Å²) in [6.45, 7) is 1.66. The standard InChI is InChI=1S/C14H17N3O4/c15-8-14(3-5-20-6-4-14)13-16-12(17-21-13)9-1-2-10(18)11(19)7-9/h1-2,7,18-19H,3-6,8,15H2. The number of nitrogens with two attached hydrogens (primary N) is 1. The van der Waals surface area contributed by atoms with Crippen LogP contribution in [-0.2, 0) is 10.2 Å². The molecule has 0 unspecified atom stereocenters. The molecule has 0 bridgehead atoms. The van der Waals surface area contributed by atoms with Gasteiger partial charge in [-0.1, -0.05) is 5.16 Å². The van der Waals surface area contributed by atoms with Gasteiger partial charge < -0.3 is 25.2 Å². The van der Waals surface area contributed by atoms with Crippen LogP contribution in [0.1, 0.15) is 18.7 Å². The smallest absolute Gasteiger partial charge is 0.234 e. The lowest BCUT2D eigenvalue weighted by Gasteiger charge is -2.32. The summed E-state index contributed by atoms with van der Waals surface area (Å²) in [7, 11) is 0. The van der Waals surface area contributed by atoms with Crippen LogP contribution in [0.2, 0.25) is 0 Å². The molecular weight excluding hydrogens is 274 g/mol. The summed E-state index contributed by atoms with van der Waals surface area (Å²) in [5.41, 5.74) is 6.13. The second-order valence-electron chi connectivity index (χ2n) is 5.22. The van der Waals surface area contributed by atoms with Gasteiger partial charge in [-0.15, -0.1) is 0 Å². The van der Waals surface area contributed by atoms with E-state index in [2.05, 4.69) is 10.1 Å². The first-order valence-corrected chi connectivity index (χ1v) is 6.79. The Hall–Kier alpha value is -2.12. The summed E-state index contributed by atoms with van der Waals surface area (Å²) >= 11 is 0. The van der Waals surface area contributed by atoms with Crippen LogP contribution in [0.5, 0.6) is 11.5 Å². The molecule has 1 aliphatic heterocycles. The van der Waals surface area contributed by atoms with Gasteiger partial charge in [-0.2, -0.15) is 4.98 Å². The third-order valence-electron chi connectivity index (χ3n) is 3.95. The maximum atomic E-state index is 9.54. The van der Waals surface area contributed by atoms with E-state index in [-0.39, 0.29) is 16.9 Å². The Balaban J connectivity index is 1.93. The van der Waals surface area contributed by atoms with E-state index in [1.807, 2.05) is 0 Å². The number of nitrogens with zero attached hydrogens (tertiary/aromatic N) is 2. The fourth-order valence-corrected chi connectivity index (χ4v) is 2.49. The van der Waals surface area contributed by atoms with Crippen molar-refractivity contribution in [2.45, 2.75) is 18.3 Å². The first-order valence-electron chi connectivity index (χ1n) is 6.79. The number of benzene rings is 1. The predicted molar refractivity (Wildman–Crippen MR) is 73.8 cm³/mol. The Labute approximate surface area is 121 Å². The van der Waals surface area contributed by atoms with Crippen LogP contribution in [0, 0.1) is 0 Å². The Morgan fingerprint density at radius 2 is 1.95 bits per heavy atom. The molecule has 2 heterocycles. The molecule has 112 valence electrons. The molecule has 7 heteroatoms. The molecule has 0 aliphatic carbocycles. The Morgan fingerprint density at radius 1 is 1.19 bits per heavy atom. The highest BCUT2D eigenvalue weighted by molar-refractivity contribution is 5.60. The third-order valence-corrected chi connectivity index (χ3v) is 3.95. The van der Waals surface area contributed by atoms with Crippen molar-refractivity contribution in [2.75, 3.05) is 19.8 Å². The molecule has 7 nitrogen and oxygen atoms in total. The van der Waals surface area contributed by atoms with Gasteiger partial charge in [0.1, 0.15) is 0 Å². The van der Waals surface area contributed by atoms with Gasteiger partial charge in [-0.25, -0.2) is 0 Å². The number of phenols is 2. The van der Waals surface area contributed by atoms with E-state index in [4.69, 9.17) is 15.0 Å². The summed E-state index contributed by atoms with van der Waals surface area (Å²) in [6.07, 6.45) is 1.48. The number of hydrogen-bond donors (Lipinski definition) is 3. The van der Waals surface area contributed by atoms with Crippen molar-refractivity contribution >= 4 is 0 Å². The normalized spacial score (nSPS) is 17.8. The minimum Gasteiger partial charge on any atom is -0.504 e. The van der Waals surface area contributed by atoms with E-state index in [1.165, 1.54) is 12.1 Å². The first-order chi connectivity index (χ1) is 10.1. The zero-order valence-corrected chi connectivity index (χ0v) is 11.5. The highest BCUT2D eigenvalue weighted by Crippen LogP contribution is 2.35. The SMILES string of the molecule is NCC1(c2nc(-c3ccc(O)c(O)c3)no2)CCOCC1. The van der Waals surface area contributed by atoms with Gasteiger partial charge in [0.25, 0.3) is 0 Å². The minimum absolute atomic E-state index is 0.190. The van der Waals surface area contributed by atoms with Gasteiger partial charge in [0, 0.05) is 25.3 Å². The van der Waals surface area contributed by atoms with Gasteiger partial charge in [0.05, 0.1) is 5.41 Å². The highest BCUT2D eigenvalue weighted by atomic mass is 16.5. The number of rotatable bonds is 3. The molecule has 1 aromatic heterocycles. The molecule has 2 aromatic rings. The van der Waals surface area contributed by atoms with Crippen LogP contribution in [0.25, 0.3) is 11.4 Å². The van der Waals surface area contributed by atoms with Gasteiger partial charge in [-0.05, 0) is 31.0 Å². The lowest BCUT2D eigenvalue weighted by atomic mass is 9.80. The van der Waals surface area contributed by atoms with E-state index < -0.39 is 0 Å². The van der Waals surface area contributed by atoms with Crippen molar-refractivity contribution in [3.63, 3.8) is 0 Å². The monoisotopic (exact) mass is 291 g/mol. The zero-order valence-electron chi connectivity index (χ0n) is 11.5. The van der Waals surface area contributed by atoms with Crippen LogP contribution in [0.15, 0.2) is 22.7 Å². The van der Waals surface area contributed by atoms with Crippen molar-refractivity contribution in [3.05, 3.63) is 24.1 Å². The average Bonchev–Trinajstić information content (AvgIpc) is 3.01. The van der Waals surface area contributed by atoms with E-state index >= 15 is 0 Å². The second-order valence-corrected chi connectivity index (χ2v) is 5.22. The van der Waals surface area contributed by atoms with E-state index in [1.54, 1.807) is 6.07 Å². The zero-order chi connectivity index (χ0) is 14.9. The Kier molecular flexibility index (Phi) is 3.52. The number of ether oxygens (including phenoxy) is 1. The molecule has 1 saturated heterocycles. The van der Waals surface area contributed by atoms with E-state index in [0.29, 0.717) is 37.0 Å². The lowest BCUT2D eigenvalue weighted by Crippen LogP contribution is -2.40. The quantitative estimate of drug-likeness (QED) is 0.727. The third kappa shape index (κ3) is 2.45. The Bertz CT molecular complexity index is 635. The Morgan fingerprint density at radius 3 is 2.62 bits per heavy atom. The molecule has 1 aliphatic rings. The summed E-state index contributed by atoms with van der Waals surface area (Å²) < 4.78 is 10.7. The van der Waals surface area contributed by atoms with Crippen molar-refractivity contribution in [2.24, 2.45) is 5.73 Å². The van der Waals surface area contributed by atoms with Crippen LogP contribution in [0.4, 0.5) is 0 Å². The van der Waals surface area contributed by atoms with Crippen LogP contribution < -0.4 is 5.73 Å². The second kappa shape index (κ2) is 5.34. The molecule has 0 spiro atoms. The maximum Gasteiger partial charge on any atom is 0.234 e. The lowest BCUT2D eigenvalue weighted by molar-refractivity contribution is 0.0409. The highest BCUT2D eigenvalue weighted by Gasteiger charge is 2.38. The van der Waals surface area contributed by atoms with Gasteiger partial charge in [0.2, 0.25) is 11.7 Å². The largest absolute Gasteiger partial charge is 0.504 e. The topological polar surface area (TPSA) is 115 Å². The van der Waals surface area contributed by atoms with Crippen molar-refractivity contribution < 1.29 is 19.5 Å². The number of phenolic OH excluding ortho intramolecular Hbond substituents is 2. The van der Waals surface area contributed by atoms with Gasteiger partial charge in [-0.3, -0.25) is 0 Å². The minimum atomic E-state index is -0.345. The van der Waals surface area contributed by atoms with Crippen molar-refractivity contribution in [1.29, 1.82) is 0 Å². The number of aromatic nitrogens is 2. The fraction of sp³-hybridized carbons (Fsp3) is 0.429. The van der Waals surface area contributed by atoms with Crippen LogP contribution in [0.3, 0.4) is 0 Å². The molecule has 1 aromatic carbocycles. The molecule has 0 saturated carbocycles. The van der Waals surface area contributed by atoms with E-state index in [9.17, 15) is 10.2 Å². The molecule has 3 rings (SSSR count). The summed E-state index contributed by atoms with van der Waals surface area (Å²) in [5, 5.41) is 22.8. The maximum absolute atomic E-state index is 9.54. The molecule has 1 fully saturated rings. The molecular formula is C14H17N3O4. The predicted octanol–water partition coefficient (Wildman–Crippen LogP) is 1.15. The molecule has 4 N–H and O–H groups in total. The van der Waals surface area contributed by atoms with E-state index in [0.717, 1.165) is 12.8 Å². The van der Waals surface area contributed by atoms with Gasteiger partial charge >= 0.3 is 0 Å². The molecule has 21 heavy (non-hydrogen) atoms. The number of aromatic hydroxyl groups is 2. The van der Waals surface area contributed by atoms with Gasteiger partial charge in [0.15, 0.2) is 11.5 Å². The van der Waals surface area contributed by atoms with Crippen LogP contribution >= 0.6 is 0 Å². The molecule has 0 radical (unpaired) electrons. The van der Waals surface area contributed by atoms with Crippen LogP contribution in [-0.4, -0.2) is 40.1 Å². The first kappa shape index (κ1) is 13.8. The molecule has 0 amide bonds. The summed E-state index contributed by atoms with van der Waals surface area (Å²) in [5.74, 6) is 0.444. The average molecular weight is 291 g/mol.